The number of aromatic nitrogens is 4. The Kier molecular flexibility index (Phi) is 5.35. The fourth-order valence-corrected chi connectivity index (χ4v) is 4.07. The average Bonchev–Trinajstić information content (AvgIpc) is 3.07. The van der Waals surface area contributed by atoms with Crippen molar-refractivity contribution < 1.29 is 47.6 Å². The van der Waals surface area contributed by atoms with Crippen LogP contribution in [0, 0.1) is 0 Å². The van der Waals surface area contributed by atoms with E-state index < -0.39 is 52.4 Å². The first-order chi connectivity index (χ1) is 12.5. The molecule has 0 radical (unpaired) electrons. The molecule has 17 heteroatoms. The molecule has 1 aliphatic rings. The van der Waals surface area contributed by atoms with Gasteiger partial charge in [-0.1, -0.05) is 0 Å². The Balaban J connectivity index is 1.76. The van der Waals surface area contributed by atoms with Crippen molar-refractivity contribution in [3.63, 3.8) is 0 Å². The number of aliphatic hydroxyl groups excluding tert-OH is 2. The number of hydrogen-bond acceptors (Lipinski definition) is 10. The van der Waals surface area contributed by atoms with Crippen LogP contribution in [-0.4, -0.2) is 69.3 Å². The fraction of sp³-hybridized carbons (Fsp3) is 0.500. The second-order valence-corrected chi connectivity index (χ2v) is 8.27. The van der Waals surface area contributed by atoms with Gasteiger partial charge >= 0.3 is 15.6 Å². The number of phosphoric ester groups is 1. The van der Waals surface area contributed by atoms with Gasteiger partial charge in [0.1, 0.15) is 18.3 Å². The maximum atomic E-state index is 11.7. The van der Waals surface area contributed by atoms with Gasteiger partial charge in [0, 0.05) is 0 Å². The SMILES string of the molecule is O=c1[nH]cnc2c1ncn2C1OC(COP(=O)(O)OP(=O)(O)O)[C@H](O)[C@@H]1O. The number of fused-ring (bicyclic) bond motifs is 1. The number of aliphatic hydroxyl groups is 2. The molecule has 1 saturated heterocycles. The number of H-pyrrole nitrogens is 1. The summed E-state index contributed by atoms with van der Waals surface area (Å²) < 4.78 is 36.6. The minimum Gasteiger partial charge on any atom is -0.387 e. The molecule has 0 bridgehead atoms. The summed E-state index contributed by atoms with van der Waals surface area (Å²) in [5, 5.41) is 20.2. The van der Waals surface area contributed by atoms with E-state index in [2.05, 4.69) is 23.8 Å². The lowest BCUT2D eigenvalue weighted by molar-refractivity contribution is -0.0503. The molecule has 1 aliphatic heterocycles. The lowest BCUT2D eigenvalue weighted by Gasteiger charge is -2.17. The number of imidazole rings is 1. The van der Waals surface area contributed by atoms with Crippen LogP contribution in [0.4, 0.5) is 0 Å². The van der Waals surface area contributed by atoms with Crippen LogP contribution in [0.25, 0.3) is 11.2 Å². The summed E-state index contributed by atoms with van der Waals surface area (Å²) in [5.41, 5.74) is -0.533. The normalized spacial score (nSPS) is 28.5. The minimum atomic E-state index is -5.30. The zero-order chi connectivity index (χ0) is 20.0. The van der Waals surface area contributed by atoms with Gasteiger partial charge in [0.25, 0.3) is 5.56 Å². The van der Waals surface area contributed by atoms with Gasteiger partial charge in [-0.05, 0) is 0 Å². The molecule has 3 rings (SSSR count). The number of aromatic amines is 1. The first-order valence-electron chi connectivity index (χ1n) is 7.14. The predicted octanol–water partition coefficient (Wildman–Crippen LogP) is -2.03. The summed E-state index contributed by atoms with van der Waals surface area (Å²) in [6.45, 7) is -0.844. The Hall–Kier alpha value is -1.51. The Morgan fingerprint density at radius 1 is 1.22 bits per heavy atom. The number of ether oxygens (including phenoxy) is 1. The van der Waals surface area contributed by atoms with Crippen LogP contribution in [0.1, 0.15) is 6.23 Å². The first-order valence-corrected chi connectivity index (χ1v) is 10.2. The van der Waals surface area contributed by atoms with Crippen LogP contribution >= 0.6 is 15.6 Å². The summed E-state index contributed by atoms with van der Waals surface area (Å²) in [4.78, 5) is 48.0. The number of nitrogens with zero attached hydrogens (tertiary/aromatic N) is 3. The smallest absolute Gasteiger partial charge is 0.387 e. The van der Waals surface area contributed by atoms with Gasteiger partial charge in [0.15, 0.2) is 17.4 Å². The molecule has 15 nitrogen and oxygen atoms in total. The summed E-state index contributed by atoms with van der Waals surface area (Å²) in [6, 6.07) is 0. The molecule has 0 saturated carbocycles. The van der Waals surface area contributed by atoms with Crippen molar-refractivity contribution in [3.8, 4) is 0 Å². The van der Waals surface area contributed by atoms with Gasteiger partial charge in [0.05, 0.1) is 19.3 Å². The highest BCUT2D eigenvalue weighted by Crippen LogP contribution is 2.57. The van der Waals surface area contributed by atoms with Crippen LogP contribution in [0.5, 0.6) is 0 Å². The maximum Gasteiger partial charge on any atom is 0.481 e. The van der Waals surface area contributed by atoms with E-state index >= 15 is 0 Å². The molecular weight excluding hydrogens is 414 g/mol. The molecule has 6 N–H and O–H groups in total. The van der Waals surface area contributed by atoms with E-state index in [1.807, 2.05) is 0 Å². The van der Waals surface area contributed by atoms with Gasteiger partial charge < -0.3 is 34.6 Å². The van der Waals surface area contributed by atoms with Crippen molar-refractivity contribution >= 4 is 26.8 Å². The average molecular weight is 428 g/mol. The standard InChI is InChI=1S/C10H14N4O11P2/c15-6-4(1-23-27(21,22)25-26(18,19)20)24-10(7(6)16)14-3-13-5-8(14)11-2-12-9(5)17/h2-4,6-7,10,15-16H,1H2,(H,21,22)(H,11,12,17)(H2,18,19,20)/t4?,6-,7-,10?/m0/s1. The monoisotopic (exact) mass is 428 g/mol. The van der Waals surface area contributed by atoms with Gasteiger partial charge in [-0.2, -0.15) is 4.31 Å². The molecular formula is C10H14N4O11P2. The number of hydrogen-bond donors (Lipinski definition) is 6. The van der Waals surface area contributed by atoms with Gasteiger partial charge in [-0.15, -0.1) is 0 Å². The highest BCUT2D eigenvalue weighted by molar-refractivity contribution is 7.60. The topological polar surface area (TPSA) is 227 Å². The van der Waals surface area contributed by atoms with E-state index in [-0.39, 0.29) is 11.2 Å². The molecule has 0 aromatic carbocycles. The summed E-state index contributed by atoms with van der Waals surface area (Å²) in [7, 11) is -10.5. The van der Waals surface area contributed by atoms with Crippen LogP contribution in [-0.2, 0) is 22.7 Å². The van der Waals surface area contributed by atoms with Crippen molar-refractivity contribution in [1.29, 1.82) is 0 Å². The van der Waals surface area contributed by atoms with Gasteiger partial charge in [-0.3, -0.25) is 13.9 Å². The van der Waals surface area contributed by atoms with E-state index in [0.29, 0.717) is 0 Å². The molecule has 3 unspecified atom stereocenters. The molecule has 27 heavy (non-hydrogen) atoms. The Labute approximate surface area is 149 Å². The van der Waals surface area contributed by atoms with Crippen LogP contribution in [0.15, 0.2) is 17.4 Å². The van der Waals surface area contributed by atoms with Crippen molar-refractivity contribution in [2.24, 2.45) is 0 Å². The van der Waals surface area contributed by atoms with Crippen LogP contribution in [0.3, 0.4) is 0 Å². The second-order valence-electron chi connectivity index (χ2n) is 5.44. The molecule has 2 aromatic rings. The van der Waals surface area contributed by atoms with Crippen molar-refractivity contribution in [2.45, 2.75) is 24.5 Å². The Morgan fingerprint density at radius 2 is 1.93 bits per heavy atom. The van der Waals surface area contributed by atoms with Gasteiger partial charge in [0.2, 0.25) is 0 Å². The lowest BCUT2D eigenvalue weighted by Crippen LogP contribution is -2.33. The molecule has 0 spiro atoms. The molecule has 5 atom stereocenters. The number of nitrogens with one attached hydrogen (secondary N) is 1. The summed E-state index contributed by atoms with van der Waals surface area (Å²) in [6.07, 6.45) is -3.56. The van der Waals surface area contributed by atoms with Gasteiger partial charge in [-0.25, -0.2) is 19.1 Å². The van der Waals surface area contributed by atoms with Crippen LogP contribution < -0.4 is 5.56 Å². The zero-order valence-corrected chi connectivity index (χ0v) is 14.9. The fourth-order valence-electron chi connectivity index (χ4n) is 2.47. The van der Waals surface area contributed by atoms with E-state index in [1.165, 1.54) is 4.57 Å². The lowest BCUT2D eigenvalue weighted by atomic mass is 10.1. The number of rotatable bonds is 6. The number of phosphoric acid groups is 2. The third kappa shape index (κ3) is 4.33. The Bertz CT molecular complexity index is 985. The highest BCUT2D eigenvalue weighted by Gasteiger charge is 2.46. The zero-order valence-electron chi connectivity index (χ0n) is 13.1. The molecule has 0 aliphatic carbocycles. The maximum absolute atomic E-state index is 11.7. The summed E-state index contributed by atoms with van der Waals surface area (Å²) >= 11 is 0. The van der Waals surface area contributed by atoms with E-state index in [1.54, 1.807) is 0 Å². The molecule has 1 fully saturated rings. The molecule has 3 heterocycles. The third-order valence-electron chi connectivity index (χ3n) is 3.59. The predicted molar refractivity (Wildman–Crippen MR) is 83.0 cm³/mol. The van der Waals surface area contributed by atoms with Crippen molar-refractivity contribution in [1.82, 2.24) is 19.5 Å². The highest BCUT2D eigenvalue weighted by atomic mass is 31.3. The van der Waals surface area contributed by atoms with Crippen LogP contribution in [0.2, 0.25) is 0 Å². The first kappa shape index (κ1) is 20.2. The largest absolute Gasteiger partial charge is 0.481 e. The summed E-state index contributed by atoms with van der Waals surface area (Å²) in [5.74, 6) is 0. The van der Waals surface area contributed by atoms with E-state index in [4.69, 9.17) is 14.5 Å². The third-order valence-corrected chi connectivity index (χ3v) is 5.74. The van der Waals surface area contributed by atoms with E-state index in [9.17, 15) is 29.0 Å². The minimum absolute atomic E-state index is 0.0441. The molecule has 0 amide bonds. The van der Waals surface area contributed by atoms with Crippen molar-refractivity contribution in [2.75, 3.05) is 6.61 Å². The van der Waals surface area contributed by atoms with E-state index in [0.717, 1.165) is 12.7 Å². The molecule has 150 valence electrons. The second kappa shape index (κ2) is 7.14. The van der Waals surface area contributed by atoms with Crippen molar-refractivity contribution in [3.05, 3.63) is 23.0 Å². The Morgan fingerprint density at radius 3 is 2.59 bits per heavy atom. The quantitative estimate of drug-likeness (QED) is 0.273. The molecule has 2 aromatic heterocycles.